The van der Waals surface area contributed by atoms with Gasteiger partial charge in [-0.3, -0.25) is 0 Å². The van der Waals surface area contributed by atoms with Crippen LogP contribution in [0.2, 0.25) is 0 Å². The average Bonchev–Trinajstić information content (AvgIpc) is 2.30. The van der Waals surface area contributed by atoms with E-state index in [0.29, 0.717) is 6.04 Å². The Morgan fingerprint density at radius 2 is 1.75 bits per heavy atom. The Labute approximate surface area is 105 Å². The molecule has 0 bridgehead atoms. The third kappa shape index (κ3) is 2.86. The highest BCUT2D eigenvalue weighted by atomic mass is 79.9. The first kappa shape index (κ1) is 11.2. The predicted molar refractivity (Wildman–Crippen MR) is 72.6 cm³/mol. The maximum atomic E-state index is 3.49. The smallest absolute Gasteiger partial charge is 0.0486 e. The average molecular weight is 276 g/mol. The molecule has 0 aliphatic rings. The number of hydrogen-bond donors (Lipinski definition) is 1. The number of halogens is 1. The zero-order valence-corrected chi connectivity index (χ0v) is 10.7. The quantitative estimate of drug-likeness (QED) is 0.862. The van der Waals surface area contributed by atoms with Gasteiger partial charge in [-0.05, 0) is 36.8 Å². The third-order valence-electron chi connectivity index (χ3n) is 2.51. The molecule has 0 saturated carbocycles. The first-order chi connectivity index (χ1) is 7.75. The lowest BCUT2D eigenvalue weighted by Gasteiger charge is -2.15. The minimum Gasteiger partial charge on any atom is -0.379 e. The maximum absolute atomic E-state index is 3.49. The van der Waals surface area contributed by atoms with E-state index < -0.39 is 0 Å². The Morgan fingerprint density at radius 1 is 1.00 bits per heavy atom. The van der Waals surface area contributed by atoms with E-state index in [0.717, 1.165) is 10.2 Å². The SMILES string of the molecule is CC(Nc1ccccc1)c1cccc(Br)c1. The van der Waals surface area contributed by atoms with Crippen LogP contribution >= 0.6 is 15.9 Å². The topological polar surface area (TPSA) is 12.0 Å². The van der Waals surface area contributed by atoms with Crippen LogP contribution in [-0.2, 0) is 0 Å². The minimum absolute atomic E-state index is 0.305. The van der Waals surface area contributed by atoms with E-state index >= 15 is 0 Å². The Balaban J connectivity index is 2.12. The van der Waals surface area contributed by atoms with E-state index in [1.807, 2.05) is 24.3 Å². The van der Waals surface area contributed by atoms with Gasteiger partial charge in [0.1, 0.15) is 0 Å². The molecule has 82 valence electrons. The van der Waals surface area contributed by atoms with Crippen LogP contribution in [0, 0.1) is 0 Å². The largest absolute Gasteiger partial charge is 0.379 e. The molecular weight excluding hydrogens is 262 g/mol. The molecule has 0 fully saturated rings. The van der Waals surface area contributed by atoms with Crippen LogP contribution in [0.25, 0.3) is 0 Å². The summed E-state index contributed by atoms with van der Waals surface area (Å²) in [6, 6.07) is 18.9. The molecule has 2 aromatic carbocycles. The summed E-state index contributed by atoms with van der Waals surface area (Å²) in [4.78, 5) is 0. The van der Waals surface area contributed by atoms with Crippen molar-refractivity contribution in [3.63, 3.8) is 0 Å². The molecule has 0 heterocycles. The summed E-state index contributed by atoms with van der Waals surface area (Å²) < 4.78 is 1.12. The molecule has 2 heteroatoms. The van der Waals surface area contributed by atoms with Gasteiger partial charge in [-0.15, -0.1) is 0 Å². The van der Waals surface area contributed by atoms with E-state index in [-0.39, 0.29) is 0 Å². The Kier molecular flexibility index (Phi) is 3.62. The van der Waals surface area contributed by atoms with Crippen molar-refractivity contribution in [2.75, 3.05) is 5.32 Å². The van der Waals surface area contributed by atoms with Crippen LogP contribution in [0.1, 0.15) is 18.5 Å². The number of hydrogen-bond acceptors (Lipinski definition) is 1. The third-order valence-corrected chi connectivity index (χ3v) is 3.00. The van der Waals surface area contributed by atoms with Crippen molar-refractivity contribution in [1.29, 1.82) is 0 Å². The molecular formula is C14H14BrN. The van der Waals surface area contributed by atoms with Crippen molar-refractivity contribution in [2.24, 2.45) is 0 Å². The van der Waals surface area contributed by atoms with Crippen LogP contribution in [0.3, 0.4) is 0 Å². The molecule has 0 spiro atoms. The Hall–Kier alpha value is -1.28. The van der Waals surface area contributed by atoms with Gasteiger partial charge >= 0.3 is 0 Å². The molecule has 0 aliphatic carbocycles. The normalized spacial score (nSPS) is 12.1. The summed E-state index contributed by atoms with van der Waals surface area (Å²) >= 11 is 3.49. The monoisotopic (exact) mass is 275 g/mol. The van der Waals surface area contributed by atoms with Crippen molar-refractivity contribution < 1.29 is 0 Å². The number of nitrogens with one attached hydrogen (secondary N) is 1. The number of para-hydroxylation sites is 1. The number of anilines is 1. The van der Waals surface area contributed by atoms with Crippen molar-refractivity contribution >= 4 is 21.6 Å². The molecule has 1 nitrogen and oxygen atoms in total. The van der Waals surface area contributed by atoms with Gasteiger partial charge in [0, 0.05) is 16.2 Å². The fourth-order valence-electron chi connectivity index (χ4n) is 1.64. The lowest BCUT2D eigenvalue weighted by atomic mass is 10.1. The highest BCUT2D eigenvalue weighted by Crippen LogP contribution is 2.21. The van der Waals surface area contributed by atoms with Gasteiger partial charge < -0.3 is 5.32 Å². The van der Waals surface area contributed by atoms with E-state index in [1.165, 1.54) is 5.56 Å². The fourth-order valence-corrected chi connectivity index (χ4v) is 2.06. The summed E-state index contributed by atoms with van der Waals surface area (Å²) in [5, 5.41) is 3.46. The molecule has 0 amide bonds. The van der Waals surface area contributed by atoms with E-state index in [4.69, 9.17) is 0 Å². The summed E-state index contributed by atoms with van der Waals surface area (Å²) in [5.41, 5.74) is 2.42. The van der Waals surface area contributed by atoms with Gasteiger partial charge in [-0.25, -0.2) is 0 Å². The van der Waals surface area contributed by atoms with Crippen LogP contribution in [0.15, 0.2) is 59.1 Å². The first-order valence-corrected chi connectivity index (χ1v) is 6.12. The number of rotatable bonds is 3. The van der Waals surface area contributed by atoms with Gasteiger partial charge in [0.15, 0.2) is 0 Å². The van der Waals surface area contributed by atoms with Crippen molar-refractivity contribution in [2.45, 2.75) is 13.0 Å². The zero-order chi connectivity index (χ0) is 11.4. The molecule has 1 N–H and O–H groups in total. The molecule has 0 saturated heterocycles. The zero-order valence-electron chi connectivity index (χ0n) is 9.15. The molecule has 0 aromatic heterocycles. The molecule has 0 radical (unpaired) electrons. The maximum Gasteiger partial charge on any atom is 0.0486 e. The van der Waals surface area contributed by atoms with Crippen LogP contribution in [0.5, 0.6) is 0 Å². The summed E-state index contributed by atoms with van der Waals surface area (Å²) in [5.74, 6) is 0. The second-order valence-electron chi connectivity index (χ2n) is 3.79. The second-order valence-corrected chi connectivity index (χ2v) is 4.70. The van der Waals surface area contributed by atoms with Crippen molar-refractivity contribution in [3.8, 4) is 0 Å². The van der Waals surface area contributed by atoms with Gasteiger partial charge in [0.25, 0.3) is 0 Å². The van der Waals surface area contributed by atoms with E-state index in [9.17, 15) is 0 Å². The first-order valence-electron chi connectivity index (χ1n) is 5.33. The van der Waals surface area contributed by atoms with Crippen molar-refractivity contribution in [3.05, 3.63) is 64.6 Å². The number of benzene rings is 2. The van der Waals surface area contributed by atoms with E-state index in [1.54, 1.807) is 0 Å². The van der Waals surface area contributed by atoms with Crippen LogP contribution < -0.4 is 5.32 Å². The molecule has 1 atom stereocenters. The molecule has 16 heavy (non-hydrogen) atoms. The highest BCUT2D eigenvalue weighted by Gasteiger charge is 2.04. The lowest BCUT2D eigenvalue weighted by molar-refractivity contribution is 0.884. The predicted octanol–water partition coefficient (Wildman–Crippen LogP) is 4.62. The standard InChI is InChI=1S/C14H14BrN/c1-11(12-6-5-7-13(15)10-12)16-14-8-3-2-4-9-14/h2-11,16H,1H3. The van der Waals surface area contributed by atoms with Gasteiger partial charge in [-0.1, -0.05) is 46.3 Å². The van der Waals surface area contributed by atoms with Crippen LogP contribution in [-0.4, -0.2) is 0 Å². The fraction of sp³-hybridized carbons (Fsp3) is 0.143. The Morgan fingerprint density at radius 3 is 2.44 bits per heavy atom. The highest BCUT2D eigenvalue weighted by molar-refractivity contribution is 9.10. The lowest BCUT2D eigenvalue weighted by Crippen LogP contribution is -2.06. The molecule has 2 rings (SSSR count). The van der Waals surface area contributed by atoms with Gasteiger partial charge in [0.05, 0.1) is 0 Å². The molecule has 1 unspecified atom stereocenters. The van der Waals surface area contributed by atoms with Gasteiger partial charge in [-0.2, -0.15) is 0 Å². The molecule has 2 aromatic rings. The summed E-state index contributed by atoms with van der Waals surface area (Å²) in [6.45, 7) is 2.16. The minimum atomic E-state index is 0.305. The summed E-state index contributed by atoms with van der Waals surface area (Å²) in [6.07, 6.45) is 0. The van der Waals surface area contributed by atoms with Crippen LogP contribution in [0.4, 0.5) is 5.69 Å². The Bertz CT molecular complexity index is 453. The van der Waals surface area contributed by atoms with E-state index in [2.05, 4.69) is 58.5 Å². The summed E-state index contributed by atoms with van der Waals surface area (Å²) in [7, 11) is 0. The van der Waals surface area contributed by atoms with Crippen molar-refractivity contribution in [1.82, 2.24) is 0 Å². The second kappa shape index (κ2) is 5.17. The van der Waals surface area contributed by atoms with Gasteiger partial charge in [0.2, 0.25) is 0 Å². The molecule has 0 aliphatic heterocycles.